The standard InChI is InChI=1S/C18H24N2O4Si/c1-18(2,3)25(5,6)24-14-13(17(22)23)19-15(20(4)16(14)21)12-10-8-7-9-11-12/h7-11H,1-6H3,(H,22,23). The summed E-state index contributed by atoms with van der Waals surface area (Å²) in [6.45, 7) is 9.99. The van der Waals surface area contributed by atoms with Crippen LogP contribution in [0.25, 0.3) is 11.4 Å². The molecule has 7 heteroatoms. The molecule has 2 rings (SSSR count). The molecule has 134 valence electrons. The van der Waals surface area contributed by atoms with Gasteiger partial charge < -0.3 is 9.53 Å². The molecule has 1 heterocycles. The lowest BCUT2D eigenvalue weighted by Crippen LogP contribution is -2.46. The molecule has 2 aromatic rings. The second kappa shape index (κ2) is 6.48. The molecule has 0 amide bonds. The molecule has 0 aliphatic rings. The van der Waals surface area contributed by atoms with Crippen LogP contribution < -0.4 is 9.99 Å². The Labute approximate surface area is 148 Å². The number of nitrogens with zero attached hydrogens (tertiary/aromatic N) is 2. The highest BCUT2D eigenvalue weighted by Gasteiger charge is 2.41. The zero-order chi connectivity index (χ0) is 19.0. The largest absolute Gasteiger partial charge is 0.538 e. The average molecular weight is 360 g/mol. The van der Waals surface area contributed by atoms with E-state index < -0.39 is 19.8 Å². The molecule has 1 aromatic heterocycles. The Balaban J connectivity index is 2.69. The Morgan fingerprint density at radius 1 is 1.20 bits per heavy atom. The molecule has 0 saturated heterocycles. The summed E-state index contributed by atoms with van der Waals surface area (Å²) in [7, 11) is -0.819. The van der Waals surface area contributed by atoms with Crippen molar-refractivity contribution in [2.45, 2.75) is 38.9 Å². The summed E-state index contributed by atoms with van der Waals surface area (Å²) >= 11 is 0. The third-order valence-electron chi connectivity index (χ3n) is 4.65. The first kappa shape index (κ1) is 18.9. The quantitative estimate of drug-likeness (QED) is 0.844. The molecule has 0 spiro atoms. The van der Waals surface area contributed by atoms with Gasteiger partial charge in [-0.15, -0.1) is 0 Å². The average Bonchev–Trinajstić information content (AvgIpc) is 2.51. The van der Waals surface area contributed by atoms with Crippen molar-refractivity contribution in [2.24, 2.45) is 7.05 Å². The molecule has 1 aromatic carbocycles. The molecule has 0 aliphatic heterocycles. The summed E-state index contributed by atoms with van der Waals surface area (Å²) in [5.41, 5.74) is -0.161. The zero-order valence-corrected chi connectivity index (χ0v) is 16.5. The van der Waals surface area contributed by atoms with Gasteiger partial charge in [-0.1, -0.05) is 51.1 Å². The summed E-state index contributed by atoms with van der Waals surface area (Å²) in [5, 5.41) is 9.40. The number of hydrogen-bond donors (Lipinski definition) is 1. The van der Waals surface area contributed by atoms with Gasteiger partial charge in [-0.25, -0.2) is 9.78 Å². The van der Waals surface area contributed by atoms with Gasteiger partial charge >= 0.3 is 5.97 Å². The van der Waals surface area contributed by atoms with E-state index in [2.05, 4.69) is 4.98 Å². The van der Waals surface area contributed by atoms with Gasteiger partial charge in [0.15, 0.2) is 5.69 Å². The maximum atomic E-state index is 12.8. The third-order valence-corrected chi connectivity index (χ3v) is 8.97. The second-order valence-corrected chi connectivity index (χ2v) is 12.2. The van der Waals surface area contributed by atoms with Crippen LogP contribution in [0.5, 0.6) is 5.75 Å². The lowest BCUT2D eigenvalue weighted by molar-refractivity contribution is 0.0687. The Kier molecular flexibility index (Phi) is 4.90. The highest BCUT2D eigenvalue weighted by atomic mass is 28.4. The van der Waals surface area contributed by atoms with Crippen molar-refractivity contribution in [3.63, 3.8) is 0 Å². The van der Waals surface area contributed by atoms with E-state index in [1.165, 1.54) is 4.57 Å². The molecule has 0 fully saturated rings. The van der Waals surface area contributed by atoms with Gasteiger partial charge in [0, 0.05) is 12.6 Å². The van der Waals surface area contributed by atoms with Crippen LogP contribution in [0.15, 0.2) is 35.1 Å². The maximum Gasteiger partial charge on any atom is 0.358 e. The molecule has 0 unspecified atom stereocenters. The van der Waals surface area contributed by atoms with Crippen LogP contribution in [0.4, 0.5) is 0 Å². The molecule has 0 radical (unpaired) electrons. The maximum absolute atomic E-state index is 12.8. The number of aromatic carboxylic acids is 1. The summed E-state index contributed by atoms with van der Waals surface area (Å²) in [6, 6.07) is 9.02. The lowest BCUT2D eigenvalue weighted by Gasteiger charge is -2.36. The minimum atomic E-state index is -2.39. The van der Waals surface area contributed by atoms with Gasteiger partial charge in [-0.3, -0.25) is 9.36 Å². The SMILES string of the molecule is Cn1c(-c2ccccc2)nc(C(=O)O)c(O[Si](C)(C)C(C)(C)C)c1=O. The topological polar surface area (TPSA) is 81.4 Å². The van der Waals surface area contributed by atoms with Crippen molar-refractivity contribution in [1.29, 1.82) is 0 Å². The van der Waals surface area contributed by atoms with E-state index in [1.54, 1.807) is 19.2 Å². The fourth-order valence-corrected chi connectivity index (χ4v) is 3.07. The number of rotatable bonds is 4. The smallest absolute Gasteiger partial charge is 0.358 e. The van der Waals surface area contributed by atoms with Crippen molar-refractivity contribution < 1.29 is 14.3 Å². The van der Waals surface area contributed by atoms with Crippen molar-refractivity contribution in [1.82, 2.24) is 9.55 Å². The first-order chi connectivity index (χ1) is 11.5. The molecular weight excluding hydrogens is 336 g/mol. The molecule has 0 aliphatic carbocycles. The first-order valence-corrected chi connectivity index (χ1v) is 11.0. The fourth-order valence-electron chi connectivity index (χ4n) is 2.07. The molecular formula is C18H24N2O4Si. The second-order valence-electron chi connectivity index (χ2n) is 7.51. The van der Waals surface area contributed by atoms with Gasteiger partial charge in [0.05, 0.1) is 0 Å². The fraction of sp³-hybridized carbons (Fsp3) is 0.389. The number of carboxylic acid groups (broad SMARTS) is 1. The Hall–Kier alpha value is -2.41. The monoisotopic (exact) mass is 360 g/mol. The highest BCUT2D eigenvalue weighted by Crippen LogP contribution is 2.37. The van der Waals surface area contributed by atoms with Crippen LogP contribution in [0, 0.1) is 0 Å². The summed E-state index contributed by atoms with van der Waals surface area (Å²) in [5.74, 6) is -1.16. The van der Waals surface area contributed by atoms with Crippen molar-refractivity contribution in [3.8, 4) is 17.1 Å². The summed E-state index contributed by atoms with van der Waals surface area (Å²) < 4.78 is 7.36. The van der Waals surface area contributed by atoms with Crippen LogP contribution in [-0.2, 0) is 7.05 Å². The highest BCUT2D eigenvalue weighted by molar-refractivity contribution is 6.74. The number of carbonyl (C=O) groups is 1. The van der Waals surface area contributed by atoms with Crippen LogP contribution in [0.3, 0.4) is 0 Å². The number of carboxylic acids is 1. The predicted molar refractivity (Wildman–Crippen MR) is 99.7 cm³/mol. The van der Waals surface area contributed by atoms with E-state index in [4.69, 9.17) is 4.43 Å². The van der Waals surface area contributed by atoms with Gasteiger partial charge in [0.1, 0.15) is 5.82 Å². The van der Waals surface area contributed by atoms with E-state index >= 15 is 0 Å². The van der Waals surface area contributed by atoms with Crippen LogP contribution in [0.1, 0.15) is 31.3 Å². The first-order valence-electron chi connectivity index (χ1n) is 8.04. The normalized spacial score (nSPS) is 12.1. The molecule has 6 nitrogen and oxygen atoms in total. The van der Waals surface area contributed by atoms with Gasteiger partial charge in [0.25, 0.3) is 13.9 Å². The van der Waals surface area contributed by atoms with Gasteiger partial charge in [0.2, 0.25) is 5.75 Å². The van der Waals surface area contributed by atoms with Crippen LogP contribution >= 0.6 is 0 Å². The van der Waals surface area contributed by atoms with E-state index in [0.717, 1.165) is 0 Å². The number of aromatic nitrogens is 2. The minimum Gasteiger partial charge on any atom is -0.538 e. The van der Waals surface area contributed by atoms with E-state index in [0.29, 0.717) is 11.4 Å². The Bertz CT molecular complexity index is 852. The molecule has 0 bridgehead atoms. The van der Waals surface area contributed by atoms with E-state index in [-0.39, 0.29) is 16.5 Å². The molecule has 0 saturated carbocycles. The Morgan fingerprint density at radius 2 is 1.76 bits per heavy atom. The summed E-state index contributed by atoms with van der Waals surface area (Å²) in [6.07, 6.45) is 0. The Morgan fingerprint density at radius 3 is 2.24 bits per heavy atom. The van der Waals surface area contributed by atoms with Crippen LogP contribution in [0.2, 0.25) is 18.1 Å². The van der Waals surface area contributed by atoms with Crippen LogP contribution in [-0.4, -0.2) is 28.9 Å². The number of hydrogen-bond acceptors (Lipinski definition) is 4. The molecule has 0 atom stereocenters. The van der Waals surface area contributed by atoms with Crippen molar-refractivity contribution in [3.05, 3.63) is 46.4 Å². The summed E-state index contributed by atoms with van der Waals surface area (Å²) in [4.78, 5) is 28.8. The minimum absolute atomic E-state index is 0.175. The van der Waals surface area contributed by atoms with Crippen molar-refractivity contribution in [2.75, 3.05) is 0 Å². The van der Waals surface area contributed by atoms with Crippen molar-refractivity contribution >= 4 is 14.3 Å². The third kappa shape index (κ3) is 3.66. The van der Waals surface area contributed by atoms with E-state index in [9.17, 15) is 14.7 Å². The number of benzene rings is 1. The van der Waals surface area contributed by atoms with Gasteiger partial charge in [-0.2, -0.15) is 0 Å². The molecule has 1 N–H and O–H groups in total. The van der Waals surface area contributed by atoms with E-state index in [1.807, 2.05) is 52.1 Å². The van der Waals surface area contributed by atoms with Gasteiger partial charge in [-0.05, 0) is 18.1 Å². The predicted octanol–water partition coefficient (Wildman–Crippen LogP) is 3.53. The molecule has 25 heavy (non-hydrogen) atoms. The lowest BCUT2D eigenvalue weighted by atomic mass is 10.2. The zero-order valence-electron chi connectivity index (χ0n) is 15.5.